The molecule has 0 spiro atoms. The summed E-state index contributed by atoms with van der Waals surface area (Å²) in [5.41, 5.74) is 0. The Kier molecular flexibility index (Phi) is 1.75. The van der Waals surface area contributed by atoms with Crippen LogP contribution in [0.2, 0.25) is 0 Å². The molecule has 0 aliphatic rings. The Bertz CT molecular complexity index is 245. The molecule has 4 nitrogen and oxygen atoms in total. The maximum absolute atomic E-state index is 10.0. The molecule has 50 valence electrons. The van der Waals surface area contributed by atoms with Gasteiger partial charge in [-0.3, -0.25) is 10.1 Å². The standard InChI is InChI=1S/C5H4BNO3/c6-3-4-1-2-5(10-4)7(8)9/h1-2H,3H2. The van der Waals surface area contributed by atoms with Crippen LogP contribution in [0.3, 0.4) is 0 Å². The number of hydrogen-bond acceptors (Lipinski definition) is 3. The van der Waals surface area contributed by atoms with E-state index in [4.69, 9.17) is 7.85 Å². The Labute approximate surface area is 58.4 Å². The quantitative estimate of drug-likeness (QED) is 0.345. The number of rotatable bonds is 2. The fourth-order valence-electron chi connectivity index (χ4n) is 0.574. The minimum Gasteiger partial charge on any atom is -0.407 e. The first kappa shape index (κ1) is 6.86. The molecule has 10 heavy (non-hydrogen) atoms. The van der Waals surface area contributed by atoms with Crippen molar-refractivity contribution in [1.82, 2.24) is 0 Å². The largest absolute Gasteiger partial charge is 0.433 e. The second-order valence-corrected chi connectivity index (χ2v) is 1.70. The number of furan rings is 1. The van der Waals surface area contributed by atoms with Crippen LogP contribution in [0.4, 0.5) is 5.88 Å². The molecule has 0 bridgehead atoms. The zero-order valence-electron chi connectivity index (χ0n) is 5.11. The summed E-state index contributed by atoms with van der Waals surface area (Å²) in [5.74, 6) is 0.159. The summed E-state index contributed by atoms with van der Waals surface area (Å²) >= 11 is 0. The topological polar surface area (TPSA) is 56.3 Å². The van der Waals surface area contributed by atoms with Gasteiger partial charge >= 0.3 is 5.88 Å². The summed E-state index contributed by atoms with van der Waals surface area (Å²) in [5, 5.41) is 10.0. The third-order valence-electron chi connectivity index (χ3n) is 1.03. The summed E-state index contributed by atoms with van der Waals surface area (Å²) in [6.45, 7) is 0. The molecule has 0 aromatic carbocycles. The molecule has 1 aromatic heterocycles. The van der Waals surface area contributed by atoms with Gasteiger partial charge in [-0.15, -0.1) is 0 Å². The molecule has 0 aliphatic carbocycles. The molecule has 0 aliphatic heterocycles. The molecule has 1 heterocycles. The summed E-state index contributed by atoms with van der Waals surface area (Å²) in [6, 6.07) is 2.76. The lowest BCUT2D eigenvalue weighted by Crippen LogP contribution is -1.83. The van der Waals surface area contributed by atoms with Crippen LogP contribution < -0.4 is 0 Å². The Morgan fingerprint density at radius 2 is 2.40 bits per heavy atom. The van der Waals surface area contributed by atoms with Crippen LogP contribution in [0.15, 0.2) is 16.5 Å². The van der Waals surface area contributed by atoms with Crippen LogP contribution in [-0.4, -0.2) is 12.8 Å². The van der Waals surface area contributed by atoms with E-state index >= 15 is 0 Å². The highest BCUT2D eigenvalue weighted by Gasteiger charge is 2.09. The smallest absolute Gasteiger partial charge is 0.407 e. The Hall–Kier alpha value is -1.26. The van der Waals surface area contributed by atoms with Crippen molar-refractivity contribution in [2.45, 2.75) is 6.32 Å². The van der Waals surface area contributed by atoms with E-state index in [1.54, 1.807) is 0 Å². The lowest BCUT2D eigenvalue weighted by Gasteiger charge is -1.83. The zero-order chi connectivity index (χ0) is 7.56. The van der Waals surface area contributed by atoms with Gasteiger partial charge in [0.15, 0.2) is 0 Å². The highest BCUT2D eigenvalue weighted by atomic mass is 16.6. The molecule has 0 fully saturated rings. The van der Waals surface area contributed by atoms with Crippen molar-refractivity contribution in [3.8, 4) is 0 Å². The summed E-state index contributed by atoms with van der Waals surface area (Å²) in [4.78, 5) is 9.40. The molecular weight excluding hydrogens is 133 g/mol. The van der Waals surface area contributed by atoms with Gasteiger partial charge in [-0.1, -0.05) is 0 Å². The van der Waals surface area contributed by atoms with Gasteiger partial charge in [-0.25, -0.2) is 0 Å². The highest BCUT2D eigenvalue weighted by Crippen LogP contribution is 2.14. The minimum absolute atomic E-state index is 0.188. The number of nitro groups is 1. The Balaban J connectivity index is 2.88. The predicted octanol–water partition coefficient (Wildman–Crippen LogP) is 0.856. The molecule has 0 amide bonds. The molecule has 0 atom stereocenters. The molecule has 1 rings (SSSR count). The van der Waals surface area contributed by atoms with Crippen molar-refractivity contribution < 1.29 is 9.34 Å². The van der Waals surface area contributed by atoms with E-state index in [-0.39, 0.29) is 12.2 Å². The van der Waals surface area contributed by atoms with E-state index in [9.17, 15) is 10.1 Å². The second-order valence-electron chi connectivity index (χ2n) is 1.70. The summed E-state index contributed by atoms with van der Waals surface area (Å²) in [6.07, 6.45) is 0.188. The monoisotopic (exact) mass is 137 g/mol. The van der Waals surface area contributed by atoms with Crippen molar-refractivity contribution in [2.24, 2.45) is 0 Å². The SMILES string of the molecule is [B]Cc1ccc([N+](=O)[O-])o1. The lowest BCUT2D eigenvalue weighted by molar-refractivity contribution is -0.402. The van der Waals surface area contributed by atoms with Gasteiger partial charge in [-0.2, -0.15) is 0 Å². The van der Waals surface area contributed by atoms with E-state index in [1.165, 1.54) is 12.1 Å². The zero-order valence-corrected chi connectivity index (χ0v) is 5.11. The van der Waals surface area contributed by atoms with E-state index in [0.717, 1.165) is 0 Å². The van der Waals surface area contributed by atoms with Gasteiger partial charge in [0, 0.05) is 0 Å². The Morgan fingerprint density at radius 1 is 1.70 bits per heavy atom. The molecule has 0 N–H and O–H groups in total. The van der Waals surface area contributed by atoms with Crippen LogP contribution in [0, 0.1) is 10.1 Å². The van der Waals surface area contributed by atoms with Crippen molar-refractivity contribution in [1.29, 1.82) is 0 Å². The van der Waals surface area contributed by atoms with Crippen molar-refractivity contribution >= 4 is 13.7 Å². The van der Waals surface area contributed by atoms with Gasteiger partial charge in [0.2, 0.25) is 0 Å². The van der Waals surface area contributed by atoms with Crippen LogP contribution in [0.1, 0.15) is 5.76 Å². The van der Waals surface area contributed by atoms with Gasteiger partial charge in [0.1, 0.15) is 10.7 Å². The van der Waals surface area contributed by atoms with Crippen LogP contribution in [0.5, 0.6) is 0 Å². The van der Waals surface area contributed by atoms with Gasteiger partial charge in [-0.05, 0) is 12.4 Å². The van der Waals surface area contributed by atoms with E-state index in [1.807, 2.05) is 0 Å². The van der Waals surface area contributed by atoms with Gasteiger partial charge in [0.05, 0.1) is 13.9 Å². The van der Waals surface area contributed by atoms with Crippen LogP contribution in [-0.2, 0) is 6.32 Å². The molecule has 0 saturated carbocycles. The summed E-state index contributed by atoms with van der Waals surface area (Å²) in [7, 11) is 5.15. The van der Waals surface area contributed by atoms with E-state index in [0.29, 0.717) is 5.76 Å². The van der Waals surface area contributed by atoms with Gasteiger partial charge < -0.3 is 4.42 Å². The molecular formula is C5H4BNO3. The van der Waals surface area contributed by atoms with E-state index in [2.05, 4.69) is 4.42 Å². The minimum atomic E-state index is -0.598. The van der Waals surface area contributed by atoms with Crippen LogP contribution >= 0.6 is 0 Å². The normalized spacial score (nSPS) is 9.60. The first-order chi connectivity index (χ1) is 4.74. The maximum Gasteiger partial charge on any atom is 0.433 e. The molecule has 2 radical (unpaired) electrons. The molecule has 5 heteroatoms. The highest BCUT2D eigenvalue weighted by molar-refractivity contribution is 6.08. The fraction of sp³-hybridized carbons (Fsp3) is 0.200. The van der Waals surface area contributed by atoms with Crippen molar-refractivity contribution in [2.75, 3.05) is 0 Å². The third kappa shape index (κ3) is 1.18. The van der Waals surface area contributed by atoms with Crippen LogP contribution in [0.25, 0.3) is 0 Å². The van der Waals surface area contributed by atoms with Crippen molar-refractivity contribution in [3.63, 3.8) is 0 Å². The average Bonchev–Trinajstić information content (AvgIpc) is 2.34. The second kappa shape index (κ2) is 2.55. The lowest BCUT2D eigenvalue weighted by atomic mass is 10.0. The predicted molar refractivity (Wildman–Crippen MR) is 34.8 cm³/mol. The first-order valence-electron chi connectivity index (χ1n) is 2.67. The van der Waals surface area contributed by atoms with E-state index < -0.39 is 4.92 Å². The molecule has 0 saturated heterocycles. The maximum atomic E-state index is 10.0. The first-order valence-corrected chi connectivity index (χ1v) is 2.67. The molecule has 0 unspecified atom stereocenters. The number of hydrogen-bond donors (Lipinski definition) is 0. The van der Waals surface area contributed by atoms with Gasteiger partial charge in [0.25, 0.3) is 0 Å². The Morgan fingerprint density at radius 3 is 2.70 bits per heavy atom. The molecule has 1 aromatic rings. The third-order valence-corrected chi connectivity index (χ3v) is 1.03. The summed E-state index contributed by atoms with van der Waals surface area (Å²) < 4.78 is 4.67. The van der Waals surface area contributed by atoms with Crippen molar-refractivity contribution in [3.05, 3.63) is 28.0 Å². The average molecular weight is 137 g/mol. The number of nitrogens with zero attached hydrogens (tertiary/aromatic N) is 1. The fourth-order valence-corrected chi connectivity index (χ4v) is 0.574.